The SMILES string of the molecule is CN(CCC1CCCCO1)c1ccnc2ccccc12. The van der Waals surface area contributed by atoms with E-state index < -0.39 is 0 Å². The van der Waals surface area contributed by atoms with E-state index in [4.69, 9.17) is 4.74 Å². The normalized spacial score (nSPS) is 19.1. The number of hydrogen-bond donors (Lipinski definition) is 0. The molecule has 2 heterocycles. The Morgan fingerprint density at radius 1 is 1.25 bits per heavy atom. The fourth-order valence-electron chi connectivity index (χ4n) is 2.91. The van der Waals surface area contributed by atoms with E-state index in [1.807, 2.05) is 12.3 Å². The molecule has 1 aliphatic rings. The van der Waals surface area contributed by atoms with Gasteiger partial charge in [-0.05, 0) is 37.8 Å². The van der Waals surface area contributed by atoms with Gasteiger partial charge in [-0.3, -0.25) is 4.98 Å². The maximum absolute atomic E-state index is 5.81. The molecule has 0 amide bonds. The van der Waals surface area contributed by atoms with Crippen molar-refractivity contribution in [3.8, 4) is 0 Å². The summed E-state index contributed by atoms with van der Waals surface area (Å²) in [4.78, 5) is 6.74. The van der Waals surface area contributed by atoms with E-state index in [-0.39, 0.29) is 0 Å². The average molecular weight is 270 g/mol. The summed E-state index contributed by atoms with van der Waals surface area (Å²) in [6, 6.07) is 10.4. The van der Waals surface area contributed by atoms with Gasteiger partial charge in [0.25, 0.3) is 0 Å². The van der Waals surface area contributed by atoms with E-state index in [0.717, 1.165) is 25.1 Å². The summed E-state index contributed by atoms with van der Waals surface area (Å²) in [5.74, 6) is 0. The Hall–Kier alpha value is -1.61. The van der Waals surface area contributed by atoms with Crippen LogP contribution < -0.4 is 4.90 Å². The minimum atomic E-state index is 0.444. The topological polar surface area (TPSA) is 25.4 Å². The van der Waals surface area contributed by atoms with Gasteiger partial charge in [-0.1, -0.05) is 18.2 Å². The summed E-state index contributed by atoms with van der Waals surface area (Å²) in [5, 5.41) is 1.22. The summed E-state index contributed by atoms with van der Waals surface area (Å²) in [7, 11) is 2.16. The number of pyridine rings is 1. The highest BCUT2D eigenvalue weighted by atomic mass is 16.5. The second kappa shape index (κ2) is 6.23. The van der Waals surface area contributed by atoms with Gasteiger partial charge in [-0.25, -0.2) is 0 Å². The van der Waals surface area contributed by atoms with Gasteiger partial charge < -0.3 is 9.64 Å². The Morgan fingerprint density at radius 3 is 3.00 bits per heavy atom. The Balaban J connectivity index is 1.70. The molecule has 0 N–H and O–H groups in total. The van der Waals surface area contributed by atoms with Crippen molar-refractivity contribution in [1.29, 1.82) is 0 Å². The molecule has 0 saturated carbocycles. The van der Waals surface area contributed by atoms with Gasteiger partial charge in [0.05, 0.1) is 11.6 Å². The Kier molecular flexibility index (Phi) is 4.16. The van der Waals surface area contributed by atoms with Crippen LogP contribution in [0, 0.1) is 0 Å². The van der Waals surface area contributed by atoms with E-state index >= 15 is 0 Å². The molecule has 3 heteroatoms. The minimum absolute atomic E-state index is 0.444. The molecule has 0 bridgehead atoms. The van der Waals surface area contributed by atoms with Crippen molar-refractivity contribution < 1.29 is 4.74 Å². The maximum Gasteiger partial charge on any atom is 0.0722 e. The standard InChI is InChI=1S/C17H22N2O/c1-19(12-10-14-6-4-5-13-20-14)17-9-11-18-16-8-3-2-7-15(16)17/h2-3,7-9,11,14H,4-6,10,12-13H2,1H3. The average Bonchev–Trinajstić information content (AvgIpc) is 2.53. The molecule has 1 atom stereocenters. The number of ether oxygens (including phenoxy) is 1. The summed E-state index contributed by atoms with van der Waals surface area (Å²) in [5.41, 5.74) is 2.32. The highest BCUT2D eigenvalue weighted by Crippen LogP contribution is 2.25. The fraction of sp³-hybridized carbons (Fsp3) is 0.471. The fourth-order valence-corrected chi connectivity index (χ4v) is 2.91. The van der Waals surface area contributed by atoms with Crippen molar-refractivity contribution in [2.75, 3.05) is 25.1 Å². The number of para-hydroxylation sites is 1. The number of fused-ring (bicyclic) bond motifs is 1. The van der Waals surface area contributed by atoms with E-state index in [9.17, 15) is 0 Å². The maximum atomic E-state index is 5.81. The molecule has 2 aromatic rings. The van der Waals surface area contributed by atoms with Crippen LogP contribution in [0.3, 0.4) is 0 Å². The molecule has 3 rings (SSSR count). The number of rotatable bonds is 4. The van der Waals surface area contributed by atoms with Crippen LogP contribution in [0.5, 0.6) is 0 Å². The van der Waals surface area contributed by atoms with Crippen LogP contribution in [0.1, 0.15) is 25.7 Å². The van der Waals surface area contributed by atoms with E-state index in [0.29, 0.717) is 6.10 Å². The molecule has 1 unspecified atom stereocenters. The lowest BCUT2D eigenvalue weighted by atomic mass is 10.1. The number of benzene rings is 1. The van der Waals surface area contributed by atoms with Crippen molar-refractivity contribution in [2.45, 2.75) is 31.8 Å². The van der Waals surface area contributed by atoms with Crippen LogP contribution in [0.4, 0.5) is 5.69 Å². The van der Waals surface area contributed by atoms with Crippen LogP contribution in [0.2, 0.25) is 0 Å². The first-order valence-electron chi connectivity index (χ1n) is 7.51. The lowest BCUT2D eigenvalue weighted by molar-refractivity contribution is 0.0127. The van der Waals surface area contributed by atoms with Crippen LogP contribution >= 0.6 is 0 Å². The van der Waals surface area contributed by atoms with Crippen molar-refractivity contribution in [3.05, 3.63) is 36.5 Å². The number of anilines is 1. The molecular weight excluding hydrogens is 248 g/mol. The quantitative estimate of drug-likeness (QED) is 0.848. The summed E-state index contributed by atoms with van der Waals surface area (Å²) < 4.78 is 5.81. The zero-order valence-electron chi connectivity index (χ0n) is 12.1. The van der Waals surface area contributed by atoms with Gasteiger partial charge in [-0.15, -0.1) is 0 Å². The number of aromatic nitrogens is 1. The molecule has 1 saturated heterocycles. The number of nitrogens with zero attached hydrogens (tertiary/aromatic N) is 2. The van der Waals surface area contributed by atoms with Gasteiger partial charge in [0, 0.05) is 37.5 Å². The third kappa shape index (κ3) is 2.93. The minimum Gasteiger partial charge on any atom is -0.378 e. The summed E-state index contributed by atoms with van der Waals surface area (Å²) in [6.07, 6.45) is 7.19. The lowest BCUT2D eigenvalue weighted by Gasteiger charge is -2.26. The highest BCUT2D eigenvalue weighted by molar-refractivity contribution is 5.91. The summed E-state index contributed by atoms with van der Waals surface area (Å²) >= 11 is 0. The highest BCUT2D eigenvalue weighted by Gasteiger charge is 2.15. The smallest absolute Gasteiger partial charge is 0.0722 e. The largest absolute Gasteiger partial charge is 0.378 e. The second-order valence-corrected chi connectivity index (χ2v) is 5.55. The molecule has 0 spiro atoms. The predicted molar refractivity (Wildman–Crippen MR) is 83.2 cm³/mol. The zero-order valence-corrected chi connectivity index (χ0v) is 12.1. The molecule has 3 nitrogen and oxygen atoms in total. The van der Waals surface area contributed by atoms with Crippen molar-refractivity contribution >= 4 is 16.6 Å². The Bertz CT molecular complexity index is 558. The van der Waals surface area contributed by atoms with Gasteiger partial charge in [-0.2, -0.15) is 0 Å². The summed E-state index contributed by atoms with van der Waals surface area (Å²) in [6.45, 7) is 1.96. The third-order valence-electron chi connectivity index (χ3n) is 4.10. The molecule has 1 fully saturated rings. The third-order valence-corrected chi connectivity index (χ3v) is 4.10. The van der Waals surface area contributed by atoms with Crippen LogP contribution in [0.25, 0.3) is 10.9 Å². The van der Waals surface area contributed by atoms with Crippen LogP contribution in [-0.4, -0.2) is 31.3 Å². The van der Waals surface area contributed by atoms with Crippen molar-refractivity contribution in [2.24, 2.45) is 0 Å². The monoisotopic (exact) mass is 270 g/mol. The molecule has 1 aromatic carbocycles. The molecule has 0 radical (unpaired) electrons. The first kappa shape index (κ1) is 13.4. The molecule has 20 heavy (non-hydrogen) atoms. The predicted octanol–water partition coefficient (Wildman–Crippen LogP) is 3.63. The molecule has 1 aliphatic heterocycles. The lowest BCUT2D eigenvalue weighted by Crippen LogP contribution is -2.26. The number of hydrogen-bond acceptors (Lipinski definition) is 3. The van der Waals surface area contributed by atoms with Crippen molar-refractivity contribution in [1.82, 2.24) is 4.98 Å². The van der Waals surface area contributed by atoms with Gasteiger partial charge in [0.1, 0.15) is 0 Å². The van der Waals surface area contributed by atoms with E-state index in [2.05, 4.69) is 41.2 Å². The van der Waals surface area contributed by atoms with Gasteiger partial charge in [0.15, 0.2) is 0 Å². The molecule has 1 aromatic heterocycles. The zero-order chi connectivity index (χ0) is 13.8. The molecular formula is C17H22N2O. The first-order chi connectivity index (χ1) is 9.84. The van der Waals surface area contributed by atoms with Crippen LogP contribution in [0.15, 0.2) is 36.5 Å². The Morgan fingerprint density at radius 2 is 2.15 bits per heavy atom. The Labute approximate surface area is 120 Å². The van der Waals surface area contributed by atoms with E-state index in [1.165, 1.54) is 30.3 Å². The molecule has 106 valence electrons. The van der Waals surface area contributed by atoms with E-state index in [1.54, 1.807) is 0 Å². The van der Waals surface area contributed by atoms with Crippen molar-refractivity contribution in [3.63, 3.8) is 0 Å². The second-order valence-electron chi connectivity index (χ2n) is 5.55. The molecule has 0 aliphatic carbocycles. The van der Waals surface area contributed by atoms with Crippen LogP contribution in [-0.2, 0) is 4.74 Å². The van der Waals surface area contributed by atoms with Gasteiger partial charge >= 0.3 is 0 Å². The first-order valence-corrected chi connectivity index (χ1v) is 7.51. The van der Waals surface area contributed by atoms with Gasteiger partial charge in [0.2, 0.25) is 0 Å².